The highest BCUT2D eigenvalue weighted by molar-refractivity contribution is 6.51. The number of amides is 2. The Labute approximate surface area is 190 Å². The van der Waals surface area contributed by atoms with Gasteiger partial charge in [0.05, 0.1) is 24.3 Å². The summed E-state index contributed by atoms with van der Waals surface area (Å²) in [6, 6.07) is 15.8. The Morgan fingerprint density at radius 1 is 1.06 bits per heavy atom. The number of para-hydroxylation sites is 1. The van der Waals surface area contributed by atoms with Gasteiger partial charge in [-0.15, -0.1) is 0 Å². The first-order chi connectivity index (χ1) is 15.9. The third kappa shape index (κ3) is 4.06. The van der Waals surface area contributed by atoms with Crippen molar-refractivity contribution < 1.29 is 24.2 Å². The second kappa shape index (κ2) is 8.96. The van der Waals surface area contributed by atoms with Gasteiger partial charge in [0.2, 0.25) is 5.91 Å². The second-order valence-electron chi connectivity index (χ2n) is 7.38. The molecule has 0 bridgehead atoms. The molecular formula is C25H21N3O5. The monoisotopic (exact) mass is 443 g/mol. The van der Waals surface area contributed by atoms with Gasteiger partial charge >= 0.3 is 0 Å². The molecule has 1 saturated heterocycles. The van der Waals surface area contributed by atoms with Crippen LogP contribution in [-0.4, -0.2) is 34.8 Å². The molecule has 2 amide bonds. The zero-order valence-corrected chi connectivity index (χ0v) is 18.0. The van der Waals surface area contributed by atoms with E-state index in [1.165, 1.54) is 18.9 Å². The summed E-state index contributed by atoms with van der Waals surface area (Å²) in [5, 5.41) is 13.9. The Kier molecular flexibility index (Phi) is 5.91. The normalized spacial score (nSPS) is 17.2. The van der Waals surface area contributed by atoms with Crippen molar-refractivity contribution in [3.05, 3.63) is 89.8 Å². The first-order valence-electron chi connectivity index (χ1n) is 10.1. The Hall–Kier alpha value is -4.46. The van der Waals surface area contributed by atoms with Gasteiger partial charge in [-0.25, -0.2) is 0 Å². The van der Waals surface area contributed by atoms with Gasteiger partial charge < -0.3 is 15.2 Å². The Balaban J connectivity index is 1.89. The highest BCUT2D eigenvalue weighted by atomic mass is 16.5. The Morgan fingerprint density at radius 2 is 1.79 bits per heavy atom. The van der Waals surface area contributed by atoms with Gasteiger partial charge in [-0.05, 0) is 48.0 Å². The molecule has 1 aliphatic heterocycles. The average Bonchev–Trinajstić information content (AvgIpc) is 3.10. The maximum Gasteiger partial charge on any atom is 0.300 e. The van der Waals surface area contributed by atoms with Crippen molar-refractivity contribution >= 4 is 34.7 Å². The first kappa shape index (κ1) is 21.8. The highest BCUT2D eigenvalue weighted by Crippen LogP contribution is 2.43. The number of hydrogen-bond acceptors (Lipinski definition) is 6. The number of ether oxygens (including phenoxy) is 1. The molecule has 2 N–H and O–H groups in total. The summed E-state index contributed by atoms with van der Waals surface area (Å²) in [5.74, 6) is -1.80. The van der Waals surface area contributed by atoms with Crippen LogP contribution >= 0.6 is 0 Å². The zero-order valence-electron chi connectivity index (χ0n) is 18.0. The maximum absolute atomic E-state index is 13.2. The van der Waals surface area contributed by atoms with E-state index < -0.39 is 17.7 Å². The minimum absolute atomic E-state index is 0.0663. The highest BCUT2D eigenvalue weighted by Gasteiger charge is 2.47. The van der Waals surface area contributed by atoms with Crippen molar-refractivity contribution in [1.82, 2.24) is 4.98 Å². The molecule has 0 saturated carbocycles. The summed E-state index contributed by atoms with van der Waals surface area (Å²) >= 11 is 0. The summed E-state index contributed by atoms with van der Waals surface area (Å²) in [5.41, 5.74) is 1.77. The van der Waals surface area contributed by atoms with Gasteiger partial charge in [0, 0.05) is 30.7 Å². The first-order valence-corrected chi connectivity index (χ1v) is 10.1. The maximum atomic E-state index is 13.2. The Morgan fingerprint density at radius 3 is 2.42 bits per heavy atom. The number of nitrogens with zero attached hydrogens (tertiary/aromatic N) is 2. The molecule has 33 heavy (non-hydrogen) atoms. The number of carbonyl (C=O) groups is 3. The Bertz CT molecular complexity index is 1250. The zero-order chi connectivity index (χ0) is 23.5. The van der Waals surface area contributed by atoms with Crippen LogP contribution in [-0.2, 0) is 14.4 Å². The van der Waals surface area contributed by atoms with E-state index in [4.69, 9.17) is 4.74 Å². The van der Waals surface area contributed by atoms with E-state index in [0.717, 1.165) is 0 Å². The molecule has 2 aromatic carbocycles. The van der Waals surface area contributed by atoms with E-state index in [2.05, 4.69) is 10.3 Å². The lowest BCUT2D eigenvalue weighted by molar-refractivity contribution is -0.132. The van der Waals surface area contributed by atoms with Crippen molar-refractivity contribution in [2.75, 3.05) is 17.3 Å². The van der Waals surface area contributed by atoms with Crippen LogP contribution in [0.3, 0.4) is 0 Å². The third-order valence-electron chi connectivity index (χ3n) is 5.27. The molecule has 1 aliphatic rings. The van der Waals surface area contributed by atoms with Crippen LogP contribution in [0.1, 0.15) is 24.1 Å². The van der Waals surface area contributed by atoms with Crippen LogP contribution in [0.5, 0.6) is 5.75 Å². The van der Waals surface area contributed by atoms with Crippen LogP contribution in [0, 0.1) is 0 Å². The predicted molar refractivity (Wildman–Crippen MR) is 123 cm³/mol. The number of anilines is 2. The van der Waals surface area contributed by atoms with Gasteiger partial charge in [-0.1, -0.05) is 18.2 Å². The number of hydrogen-bond donors (Lipinski definition) is 2. The molecular weight excluding hydrogens is 422 g/mol. The van der Waals surface area contributed by atoms with Crippen LogP contribution in [0.4, 0.5) is 11.4 Å². The van der Waals surface area contributed by atoms with Crippen LogP contribution in [0.15, 0.2) is 78.6 Å². The fourth-order valence-corrected chi connectivity index (χ4v) is 3.85. The molecule has 0 spiro atoms. The molecule has 0 aliphatic carbocycles. The molecule has 1 fully saturated rings. The van der Waals surface area contributed by atoms with Crippen LogP contribution in [0.2, 0.25) is 0 Å². The van der Waals surface area contributed by atoms with Crippen molar-refractivity contribution in [2.45, 2.75) is 13.0 Å². The lowest BCUT2D eigenvalue weighted by Crippen LogP contribution is -2.29. The van der Waals surface area contributed by atoms with Gasteiger partial charge in [-0.3, -0.25) is 24.3 Å². The van der Waals surface area contributed by atoms with Crippen molar-refractivity contribution in [1.29, 1.82) is 0 Å². The molecule has 2 heterocycles. The van der Waals surface area contributed by atoms with Gasteiger partial charge in [0.25, 0.3) is 11.7 Å². The summed E-state index contributed by atoms with van der Waals surface area (Å²) in [4.78, 5) is 43.1. The van der Waals surface area contributed by atoms with Crippen LogP contribution < -0.4 is 15.0 Å². The number of aromatic nitrogens is 1. The molecule has 4 rings (SSSR count). The fourth-order valence-electron chi connectivity index (χ4n) is 3.85. The summed E-state index contributed by atoms with van der Waals surface area (Å²) in [7, 11) is 1.46. The van der Waals surface area contributed by atoms with Crippen molar-refractivity contribution in [3.8, 4) is 5.75 Å². The van der Waals surface area contributed by atoms with Gasteiger partial charge in [0.1, 0.15) is 11.5 Å². The predicted octanol–water partition coefficient (Wildman–Crippen LogP) is 3.67. The number of pyridine rings is 1. The number of nitrogens with one attached hydrogen (secondary N) is 1. The van der Waals surface area contributed by atoms with Gasteiger partial charge in [0.15, 0.2) is 0 Å². The number of rotatable bonds is 5. The quantitative estimate of drug-likeness (QED) is 0.354. The number of carbonyl (C=O) groups excluding carboxylic acids is 3. The number of methoxy groups -OCH3 is 1. The SMILES string of the molecule is COc1ccccc1/C(O)=C1/C(=O)C(=O)N(c2ccc(NC(C)=O)cc2)C1c1cccnc1. The van der Waals surface area contributed by atoms with E-state index >= 15 is 0 Å². The molecule has 0 radical (unpaired) electrons. The lowest BCUT2D eigenvalue weighted by atomic mass is 9.96. The average molecular weight is 443 g/mol. The largest absolute Gasteiger partial charge is 0.507 e. The number of ketones is 1. The minimum atomic E-state index is -0.907. The lowest BCUT2D eigenvalue weighted by Gasteiger charge is -2.25. The van der Waals surface area contributed by atoms with E-state index in [9.17, 15) is 19.5 Å². The molecule has 1 unspecified atom stereocenters. The summed E-state index contributed by atoms with van der Waals surface area (Å²) < 4.78 is 5.33. The summed E-state index contributed by atoms with van der Waals surface area (Å²) in [6.07, 6.45) is 3.13. The number of aliphatic hydroxyl groups is 1. The van der Waals surface area contributed by atoms with Crippen molar-refractivity contribution in [2.24, 2.45) is 0 Å². The van der Waals surface area contributed by atoms with E-state index in [0.29, 0.717) is 28.3 Å². The molecule has 3 aromatic rings. The molecule has 1 aromatic heterocycles. The molecule has 8 heteroatoms. The fraction of sp³-hybridized carbons (Fsp3) is 0.120. The van der Waals surface area contributed by atoms with Crippen molar-refractivity contribution in [3.63, 3.8) is 0 Å². The smallest absolute Gasteiger partial charge is 0.300 e. The standard InChI is InChI=1S/C25H21N3O5/c1-15(29)27-17-9-11-18(12-10-17)28-22(16-6-5-13-26-14-16)21(24(31)25(28)32)23(30)19-7-3-4-8-20(19)33-2/h3-14,22,30H,1-2H3,(H,27,29)/b23-21-. The van der Waals surface area contributed by atoms with E-state index in [-0.39, 0.29) is 17.2 Å². The number of aliphatic hydroxyl groups excluding tert-OH is 1. The minimum Gasteiger partial charge on any atom is -0.507 e. The van der Waals surface area contributed by atoms with Crippen LogP contribution in [0.25, 0.3) is 5.76 Å². The number of Topliss-reactive ketones (excluding diaryl/α,β-unsaturated/α-hetero) is 1. The summed E-state index contributed by atoms with van der Waals surface area (Å²) in [6.45, 7) is 1.40. The molecule has 8 nitrogen and oxygen atoms in total. The molecule has 166 valence electrons. The number of benzene rings is 2. The van der Waals surface area contributed by atoms with Gasteiger partial charge in [-0.2, -0.15) is 0 Å². The van der Waals surface area contributed by atoms with E-state index in [1.807, 2.05) is 0 Å². The second-order valence-corrected chi connectivity index (χ2v) is 7.38. The topological polar surface area (TPSA) is 109 Å². The van der Waals surface area contributed by atoms with E-state index in [1.54, 1.807) is 73.1 Å². The third-order valence-corrected chi connectivity index (χ3v) is 5.27. The molecule has 1 atom stereocenters.